The van der Waals surface area contributed by atoms with Crippen LogP contribution in [0, 0.1) is 0 Å². The van der Waals surface area contributed by atoms with Crippen molar-refractivity contribution >= 4 is 0 Å². The zero-order chi connectivity index (χ0) is 10.5. The predicted molar refractivity (Wildman–Crippen MR) is 57.9 cm³/mol. The van der Waals surface area contributed by atoms with Crippen molar-refractivity contribution in [3.8, 4) is 0 Å². The first-order valence-corrected chi connectivity index (χ1v) is 4.29. The van der Waals surface area contributed by atoms with Gasteiger partial charge >= 0.3 is 0 Å². The molecule has 3 heteroatoms. The van der Waals surface area contributed by atoms with Crippen molar-refractivity contribution < 1.29 is 11.9 Å². The number of hydrogen-bond acceptors (Lipinski definition) is 3. The van der Waals surface area contributed by atoms with Gasteiger partial charge in [-0.05, 0) is 18.5 Å². The minimum atomic E-state index is 0. The van der Waals surface area contributed by atoms with Gasteiger partial charge in [0.1, 0.15) is 0 Å². The lowest BCUT2D eigenvalue weighted by Crippen LogP contribution is -1.87. The molecular formula is C10H21NO2. The standard InChI is InChI=1S/C8H10.C2H7N.H2O2.H2/c1-2-8-6-4-3-5-7-8;1-2-3;1-2;/h3-7H,2H2,1H3;2-3H2,1H3;1-2H;1H. The second-order valence-corrected chi connectivity index (χ2v) is 2.25. The smallest absolute Gasteiger partial charge is 0 e. The monoisotopic (exact) mass is 187 g/mol. The molecule has 3 nitrogen and oxygen atoms in total. The predicted octanol–water partition coefficient (Wildman–Crippen LogP) is 2.48. The van der Waals surface area contributed by atoms with E-state index in [1.54, 1.807) is 0 Å². The van der Waals surface area contributed by atoms with E-state index in [9.17, 15) is 0 Å². The molecular weight excluding hydrogens is 166 g/mol. The number of hydrogen-bond donors (Lipinski definition) is 3. The number of nitrogens with two attached hydrogens (primary N) is 1. The second kappa shape index (κ2) is 13.7. The third-order valence-corrected chi connectivity index (χ3v) is 1.25. The molecule has 0 saturated carbocycles. The van der Waals surface area contributed by atoms with Crippen molar-refractivity contribution in [3.63, 3.8) is 0 Å². The first kappa shape index (κ1) is 14.6. The van der Waals surface area contributed by atoms with Gasteiger partial charge < -0.3 is 5.73 Å². The van der Waals surface area contributed by atoms with Gasteiger partial charge in [0.15, 0.2) is 0 Å². The van der Waals surface area contributed by atoms with Gasteiger partial charge in [0.05, 0.1) is 0 Å². The van der Waals surface area contributed by atoms with E-state index >= 15 is 0 Å². The minimum absolute atomic E-state index is 0. The Bertz CT molecular complexity index is 171. The highest BCUT2D eigenvalue weighted by Crippen LogP contribution is 1.96. The molecule has 1 rings (SSSR count). The second-order valence-electron chi connectivity index (χ2n) is 2.25. The number of rotatable bonds is 1. The average Bonchev–Trinajstić information content (AvgIpc) is 2.23. The molecule has 1 aromatic carbocycles. The first-order chi connectivity index (χ1) is 6.35. The molecule has 0 atom stereocenters. The summed E-state index contributed by atoms with van der Waals surface area (Å²) in [6.45, 7) is 4.81. The van der Waals surface area contributed by atoms with Crippen LogP contribution in [0.4, 0.5) is 0 Å². The molecule has 0 aliphatic rings. The Balaban J connectivity index is -0.000000176. The summed E-state index contributed by atoms with van der Waals surface area (Å²) in [6.07, 6.45) is 1.14. The van der Waals surface area contributed by atoms with Gasteiger partial charge in [-0.25, -0.2) is 0 Å². The molecule has 0 saturated heterocycles. The molecule has 0 aromatic heterocycles. The third kappa shape index (κ3) is 11.1. The van der Waals surface area contributed by atoms with E-state index in [0.717, 1.165) is 13.0 Å². The maximum absolute atomic E-state index is 6.00. The molecule has 0 fully saturated rings. The summed E-state index contributed by atoms with van der Waals surface area (Å²) in [5.41, 5.74) is 6.26. The van der Waals surface area contributed by atoms with E-state index in [-0.39, 0.29) is 1.43 Å². The highest BCUT2D eigenvalue weighted by atomic mass is 17.0. The zero-order valence-electron chi connectivity index (χ0n) is 8.27. The van der Waals surface area contributed by atoms with Crippen LogP contribution in [0.1, 0.15) is 20.8 Å². The fourth-order valence-corrected chi connectivity index (χ4v) is 0.714. The van der Waals surface area contributed by atoms with E-state index in [2.05, 4.69) is 31.2 Å². The maximum Gasteiger partial charge on any atom is 0 e. The molecule has 78 valence electrons. The van der Waals surface area contributed by atoms with Crippen molar-refractivity contribution in [1.29, 1.82) is 0 Å². The average molecular weight is 187 g/mol. The van der Waals surface area contributed by atoms with Gasteiger partial charge in [-0.2, -0.15) is 0 Å². The first-order valence-electron chi connectivity index (χ1n) is 4.29. The molecule has 0 amide bonds. The van der Waals surface area contributed by atoms with Gasteiger partial charge in [-0.15, -0.1) is 0 Å². The van der Waals surface area contributed by atoms with E-state index < -0.39 is 0 Å². The van der Waals surface area contributed by atoms with Crippen LogP contribution in [0.15, 0.2) is 30.3 Å². The normalized spacial score (nSPS) is 7.46. The van der Waals surface area contributed by atoms with Crippen LogP contribution in [-0.4, -0.2) is 17.1 Å². The van der Waals surface area contributed by atoms with E-state index in [4.69, 9.17) is 16.2 Å². The molecule has 0 aliphatic heterocycles. The largest absolute Gasteiger partial charge is 0.331 e. The Kier molecular flexibility index (Phi) is 15.4. The van der Waals surface area contributed by atoms with Gasteiger partial charge in [0.2, 0.25) is 0 Å². The van der Waals surface area contributed by atoms with Gasteiger partial charge in [-0.3, -0.25) is 10.5 Å². The number of aryl methyl sites for hydroxylation is 1. The number of benzene rings is 1. The van der Waals surface area contributed by atoms with Crippen molar-refractivity contribution in [3.05, 3.63) is 35.9 Å². The Labute approximate surface area is 81.2 Å². The highest BCUT2D eigenvalue weighted by Gasteiger charge is 1.79. The molecule has 0 bridgehead atoms. The zero-order valence-corrected chi connectivity index (χ0v) is 8.27. The fourth-order valence-electron chi connectivity index (χ4n) is 0.714. The Morgan fingerprint density at radius 3 is 1.77 bits per heavy atom. The molecule has 1 aromatic rings. The van der Waals surface area contributed by atoms with E-state index in [0.29, 0.717) is 0 Å². The van der Waals surface area contributed by atoms with Crippen molar-refractivity contribution in [2.75, 3.05) is 6.54 Å². The molecule has 13 heavy (non-hydrogen) atoms. The molecule has 0 radical (unpaired) electrons. The van der Waals surface area contributed by atoms with Crippen LogP contribution in [0.25, 0.3) is 0 Å². The maximum atomic E-state index is 6.00. The van der Waals surface area contributed by atoms with E-state index in [1.807, 2.05) is 13.0 Å². The van der Waals surface area contributed by atoms with Crippen LogP contribution in [0.3, 0.4) is 0 Å². The van der Waals surface area contributed by atoms with Gasteiger partial charge in [0, 0.05) is 1.43 Å². The van der Waals surface area contributed by atoms with Crippen molar-refractivity contribution in [2.45, 2.75) is 20.3 Å². The topological polar surface area (TPSA) is 66.5 Å². The molecule has 0 spiro atoms. The minimum Gasteiger partial charge on any atom is -0.331 e. The Morgan fingerprint density at radius 2 is 1.54 bits per heavy atom. The lowest BCUT2D eigenvalue weighted by Gasteiger charge is -1.89. The molecule has 0 unspecified atom stereocenters. The summed E-state index contributed by atoms with van der Waals surface area (Å²) in [6, 6.07) is 10.5. The Morgan fingerprint density at radius 1 is 1.15 bits per heavy atom. The third-order valence-electron chi connectivity index (χ3n) is 1.25. The molecule has 0 aliphatic carbocycles. The summed E-state index contributed by atoms with van der Waals surface area (Å²) < 4.78 is 0. The Hall–Kier alpha value is -0.900. The highest BCUT2D eigenvalue weighted by molar-refractivity contribution is 5.13. The summed E-state index contributed by atoms with van der Waals surface area (Å²) in [7, 11) is 0. The lowest BCUT2D eigenvalue weighted by atomic mass is 10.2. The van der Waals surface area contributed by atoms with Crippen LogP contribution in [-0.2, 0) is 6.42 Å². The quantitative estimate of drug-likeness (QED) is 0.467. The summed E-state index contributed by atoms with van der Waals surface area (Å²) in [5, 5.41) is 12.0. The van der Waals surface area contributed by atoms with Crippen molar-refractivity contribution in [1.82, 2.24) is 0 Å². The molecule has 0 heterocycles. The SMILES string of the molecule is CCN.CCc1ccccc1.OO.[HH]. The summed E-state index contributed by atoms with van der Waals surface area (Å²) >= 11 is 0. The summed E-state index contributed by atoms with van der Waals surface area (Å²) in [4.78, 5) is 0. The van der Waals surface area contributed by atoms with Crippen LogP contribution >= 0.6 is 0 Å². The fraction of sp³-hybridized carbons (Fsp3) is 0.400. The van der Waals surface area contributed by atoms with E-state index in [1.165, 1.54) is 5.56 Å². The lowest BCUT2D eigenvalue weighted by molar-refractivity contribution is -0.176. The van der Waals surface area contributed by atoms with Crippen molar-refractivity contribution in [2.24, 2.45) is 5.73 Å². The molecule has 4 N–H and O–H groups in total. The van der Waals surface area contributed by atoms with Gasteiger partial charge in [0.25, 0.3) is 0 Å². The van der Waals surface area contributed by atoms with Crippen LogP contribution in [0.2, 0.25) is 0 Å². The van der Waals surface area contributed by atoms with Gasteiger partial charge in [-0.1, -0.05) is 44.2 Å². The van der Waals surface area contributed by atoms with Crippen LogP contribution in [0.5, 0.6) is 0 Å². The summed E-state index contributed by atoms with van der Waals surface area (Å²) in [5.74, 6) is 0. The van der Waals surface area contributed by atoms with Crippen LogP contribution < -0.4 is 5.73 Å².